The smallest absolute Gasteiger partial charge is 0.238 e. The maximum Gasteiger partial charge on any atom is 0.238 e. The number of ether oxygens (including phenoxy) is 1. The molecule has 0 aromatic heterocycles. The first-order valence-corrected chi connectivity index (χ1v) is 7.69. The Morgan fingerprint density at radius 1 is 1.45 bits per heavy atom. The van der Waals surface area contributed by atoms with E-state index in [9.17, 15) is 13.2 Å². The minimum Gasteiger partial charge on any atom is -0.495 e. The molecule has 1 saturated carbocycles. The van der Waals surface area contributed by atoms with E-state index in [0.717, 1.165) is 12.8 Å². The highest BCUT2D eigenvalue weighted by molar-refractivity contribution is 7.89. The molecule has 1 amide bonds. The summed E-state index contributed by atoms with van der Waals surface area (Å²) in [5, 5.41) is 10.7. The lowest BCUT2D eigenvalue weighted by molar-refractivity contribution is -0.115. The Morgan fingerprint density at radius 2 is 2.15 bits per heavy atom. The quantitative estimate of drug-likeness (QED) is 0.686. The summed E-state index contributed by atoms with van der Waals surface area (Å²) in [5.74, 6) is 0.110. The van der Waals surface area contributed by atoms with Crippen molar-refractivity contribution in [2.75, 3.05) is 19.0 Å². The van der Waals surface area contributed by atoms with E-state index >= 15 is 0 Å². The summed E-state index contributed by atoms with van der Waals surface area (Å²) < 4.78 is 27.7. The van der Waals surface area contributed by atoms with E-state index in [-0.39, 0.29) is 23.0 Å². The number of benzene rings is 1. The first-order chi connectivity index (χ1) is 9.40. The number of rotatable bonds is 6. The van der Waals surface area contributed by atoms with Crippen LogP contribution in [-0.2, 0) is 14.8 Å². The van der Waals surface area contributed by atoms with Gasteiger partial charge in [0.05, 0.1) is 24.2 Å². The maximum atomic E-state index is 11.8. The van der Waals surface area contributed by atoms with Gasteiger partial charge in [-0.15, -0.1) is 0 Å². The van der Waals surface area contributed by atoms with Crippen LogP contribution >= 0.6 is 0 Å². The van der Waals surface area contributed by atoms with Gasteiger partial charge in [0.15, 0.2) is 0 Å². The topological polar surface area (TPSA) is 111 Å². The molecule has 1 aromatic carbocycles. The first kappa shape index (κ1) is 14.8. The zero-order valence-corrected chi connectivity index (χ0v) is 11.9. The van der Waals surface area contributed by atoms with E-state index < -0.39 is 10.0 Å². The SMILES string of the molecule is COc1ccc(S(N)(=O)=O)cc1NC(=O)CNC1CC1. The molecule has 4 N–H and O–H groups in total. The van der Waals surface area contributed by atoms with Gasteiger partial charge < -0.3 is 15.4 Å². The molecule has 1 fully saturated rings. The molecule has 2 rings (SSSR count). The lowest BCUT2D eigenvalue weighted by atomic mass is 10.3. The highest BCUT2D eigenvalue weighted by atomic mass is 32.2. The Kier molecular flexibility index (Phi) is 4.26. The Labute approximate surface area is 117 Å². The van der Waals surface area contributed by atoms with E-state index in [0.29, 0.717) is 11.8 Å². The first-order valence-electron chi connectivity index (χ1n) is 6.14. The molecule has 1 aliphatic carbocycles. The number of nitrogens with one attached hydrogen (secondary N) is 2. The molecule has 0 bridgehead atoms. The highest BCUT2D eigenvalue weighted by Gasteiger charge is 2.21. The third-order valence-electron chi connectivity index (χ3n) is 2.90. The van der Waals surface area contributed by atoms with E-state index in [2.05, 4.69) is 10.6 Å². The van der Waals surface area contributed by atoms with Crippen LogP contribution in [0.15, 0.2) is 23.1 Å². The number of hydrogen-bond acceptors (Lipinski definition) is 5. The van der Waals surface area contributed by atoms with Gasteiger partial charge in [-0.25, -0.2) is 13.6 Å². The fourth-order valence-corrected chi connectivity index (χ4v) is 2.22. The lowest BCUT2D eigenvalue weighted by Crippen LogP contribution is -2.29. The monoisotopic (exact) mass is 299 g/mol. The van der Waals surface area contributed by atoms with Crippen molar-refractivity contribution < 1.29 is 17.9 Å². The summed E-state index contributed by atoms with van der Waals surface area (Å²) in [5.41, 5.74) is 0.279. The number of methoxy groups -OCH3 is 1. The molecule has 0 radical (unpaired) electrons. The van der Waals surface area contributed by atoms with Crippen LogP contribution in [0.5, 0.6) is 5.75 Å². The maximum absolute atomic E-state index is 11.8. The van der Waals surface area contributed by atoms with Crippen LogP contribution in [0.3, 0.4) is 0 Å². The summed E-state index contributed by atoms with van der Waals surface area (Å²) in [6.07, 6.45) is 2.16. The van der Waals surface area contributed by atoms with Crippen LogP contribution in [0.25, 0.3) is 0 Å². The second kappa shape index (κ2) is 5.78. The molecule has 0 spiro atoms. The normalized spacial score (nSPS) is 14.9. The molecule has 0 aliphatic heterocycles. The molecule has 0 atom stereocenters. The fraction of sp³-hybridized carbons (Fsp3) is 0.417. The third-order valence-corrected chi connectivity index (χ3v) is 3.81. The van der Waals surface area contributed by atoms with Gasteiger partial charge in [-0.05, 0) is 31.0 Å². The van der Waals surface area contributed by atoms with E-state index in [1.165, 1.54) is 25.3 Å². The summed E-state index contributed by atoms with van der Waals surface area (Å²) in [6.45, 7) is 0.174. The predicted molar refractivity (Wildman–Crippen MR) is 74.0 cm³/mol. The van der Waals surface area contributed by atoms with Crippen molar-refractivity contribution in [2.24, 2.45) is 5.14 Å². The largest absolute Gasteiger partial charge is 0.495 e. The van der Waals surface area contributed by atoms with Crippen LogP contribution in [0.1, 0.15) is 12.8 Å². The van der Waals surface area contributed by atoms with Crippen LogP contribution in [-0.4, -0.2) is 34.0 Å². The van der Waals surface area contributed by atoms with Gasteiger partial charge in [0, 0.05) is 6.04 Å². The Hall–Kier alpha value is -1.64. The van der Waals surface area contributed by atoms with Crippen molar-refractivity contribution in [1.29, 1.82) is 0 Å². The molecular weight excluding hydrogens is 282 g/mol. The van der Waals surface area contributed by atoms with E-state index in [1.54, 1.807) is 0 Å². The number of carbonyl (C=O) groups excluding carboxylic acids is 1. The summed E-state index contributed by atoms with van der Waals surface area (Å²) in [6, 6.07) is 4.47. The fourth-order valence-electron chi connectivity index (χ4n) is 1.68. The molecule has 8 heteroatoms. The number of nitrogens with two attached hydrogens (primary N) is 1. The summed E-state index contributed by atoms with van der Waals surface area (Å²) in [7, 11) is -2.39. The zero-order chi connectivity index (χ0) is 14.8. The number of hydrogen-bond donors (Lipinski definition) is 3. The highest BCUT2D eigenvalue weighted by Crippen LogP contribution is 2.27. The second-order valence-corrected chi connectivity index (χ2v) is 6.17. The zero-order valence-electron chi connectivity index (χ0n) is 11.0. The molecule has 1 aliphatic rings. The molecule has 0 heterocycles. The van der Waals surface area contributed by atoms with Gasteiger partial charge in [0.2, 0.25) is 15.9 Å². The van der Waals surface area contributed by atoms with E-state index in [1.807, 2.05) is 0 Å². The lowest BCUT2D eigenvalue weighted by Gasteiger charge is -2.11. The van der Waals surface area contributed by atoms with Crippen LogP contribution in [0.4, 0.5) is 5.69 Å². The minimum absolute atomic E-state index is 0.0799. The van der Waals surface area contributed by atoms with Gasteiger partial charge in [-0.3, -0.25) is 4.79 Å². The molecule has 0 unspecified atom stereocenters. The van der Waals surface area contributed by atoms with Crippen LogP contribution in [0.2, 0.25) is 0 Å². The average molecular weight is 299 g/mol. The molecule has 7 nitrogen and oxygen atoms in total. The van der Waals surface area contributed by atoms with Crippen LogP contribution in [0, 0.1) is 0 Å². The van der Waals surface area contributed by atoms with Gasteiger partial charge >= 0.3 is 0 Å². The Balaban J connectivity index is 2.12. The van der Waals surface area contributed by atoms with Crippen molar-refractivity contribution >= 4 is 21.6 Å². The van der Waals surface area contributed by atoms with Gasteiger partial charge in [-0.2, -0.15) is 0 Å². The predicted octanol–water partition coefficient (Wildman–Crippen LogP) is 0.0331. The molecule has 1 aromatic rings. The Morgan fingerprint density at radius 3 is 2.70 bits per heavy atom. The minimum atomic E-state index is -3.82. The molecule has 20 heavy (non-hydrogen) atoms. The second-order valence-electron chi connectivity index (χ2n) is 4.61. The number of anilines is 1. The van der Waals surface area contributed by atoms with Crippen molar-refractivity contribution in [1.82, 2.24) is 5.32 Å². The molecule has 0 saturated heterocycles. The molecular formula is C12H17N3O4S. The standard InChI is InChI=1S/C12H17N3O4S/c1-19-11-5-4-9(20(13,17)18)6-10(11)15-12(16)7-14-8-2-3-8/h4-6,8,14H,2-3,7H2,1H3,(H,15,16)(H2,13,17,18). The summed E-state index contributed by atoms with van der Waals surface area (Å²) >= 11 is 0. The van der Waals surface area contributed by atoms with Gasteiger partial charge in [0.1, 0.15) is 5.75 Å². The van der Waals surface area contributed by atoms with Crippen molar-refractivity contribution in [3.8, 4) is 5.75 Å². The average Bonchev–Trinajstić information content (AvgIpc) is 3.19. The van der Waals surface area contributed by atoms with Crippen molar-refractivity contribution in [3.63, 3.8) is 0 Å². The van der Waals surface area contributed by atoms with E-state index in [4.69, 9.17) is 9.88 Å². The van der Waals surface area contributed by atoms with Crippen molar-refractivity contribution in [3.05, 3.63) is 18.2 Å². The van der Waals surface area contributed by atoms with Gasteiger partial charge in [-0.1, -0.05) is 0 Å². The summed E-state index contributed by atoms with van der Waals surface area (Å²) in [4.78, 5) is 11.7. The number of amides is 1. The third kappa shape index (κ3) is 3.92. The van der Waals surface area contributed by atoms with Gasteiger partial charge in [0.25, 0.3) is 0 Å². The number of primary sulfonamides is 1. The van der Waals surface area contributed by atoms with Crippen molar-refractivity contribution in [2.45, 2.75) is 23.8 Å². The molecule has 110 valence electrons. The number of sulfonamides is 1. The number of carbonyl (C=O) groups is 1. The Bertz CT molecular complexity index is 611. The van der Waals surface area contributed by atoms with Crippen LogP contribution < -0.4 is 20.5 Å².